The van der Waals surface area contributed by atoms with Gasteiger partial charge < -0.3 is 9.47 Å². The first kappa shape index (κ1) is 24.1. The molecule has 0 radical (unpaired) electrons. The van der Waals surface area contributed by atoms with Crippen LogP contribution in [-0.2, 0) is 11.4 Å². The molecule has 0 saturated carbocycles. The van der Waals surface area contributed by atoms with Gasteiger partial charge in [0.05, 0.1) is 15.6 Å². The highest BCUT2D eigenvalue weighted by Gasteiger charge is 2.12. The molecule has 11 heteroatoms. The summed E-state index contributed by atoms with van der Waals surface area (Å²) >= 11 is 9.14. The van der Waals surface area contributed by atoms with E-state index in [0.29, 0.717) is 20.8 Å². The van der Waals surface area contributed by atoms with Gasteiger partial charge in [-0.2, -0.15) is 5.10 Å². The molecular formula is C22H16BrClFN3O5. The Bertz CT molecular complexity index is 1210. The molecule has 3 aromatic rings. The van der Waals surface area contributed by atoms with E-state index in [2.05, 4.69) is 26.5 Å². The normalized spacial score (nSPS) is 10.8. The summed E-state index contributed by atoms with van der Waals surface area (Å²) in [6.07, 6.45) is 1.21. The highest BCUT2D eigenvalue weighted by molar-refractivity contribution is 9.10. The Labute approximate surface area is 201 Å². The van der Waals surface area contributed by atoms with Crippen LogP contribution in [0.15, 0.2) is 70.2 Å². The van der Waals surface area contributed by atoms with Crippen molar-refractivity contribution in [2.24, 2.45) is 5.10 Å². The summed E-state index contributed by atoms with van der Waals surface area (Å²) in [5.74, 6) is -0.271. The summed E-state index contributed by atoms with van der Waals surface area (Å²) in [5.41, 5.74) is 2.93. The fourth-order valence-corrected chi connectivity index (χ4v) is 3.41. The predicted molar refractivity (Wildman–Crippen MR) is 124 cm³/mol. The highest BCUT2D eigenvalue weighted by atomic mass is 79.9. The summed E-state index contributed by atoms with van der Waals surface area (Å²) < 4.78 is 25.0. The highest BCUT2D eigenvalue weighted by Crippen LogP contribution is 2.28. The molecule has 33 heavy (non-hydrogen) atoms. The Hall–Kier alpha value is -3.50. The van der Waals surface area contributed by atoms with Crippen LogP contribution in [0.3, 0.4) is 0 Å². The second kappa shape index (κ2) is 11.4. The number of rotatable bonds is 9. The van der Waals surface area contributed by atoms with Crippen molar-refractivity contribution >= 4 is 45.3 Å². The number of non-ortho nitro benzene ring substituents is 1. The van der Waals surface area contributed by atoms with Crippen LogP contribution < -0.4 is 14.9 Å². The van der Waals surface area contributed by atoms with E-state index in [1.165, 1.54) is 36.5 Å². The van der Waals surface area contributed by atoms with Gasteiger partial charge in [0.15, 0.2) is 6.61 Å². The minimum absolute atomic E-state index is 0.0343. The lowest BCUT2D eigenvalue weighted by Crippen LogP contribution is -2.24. The first-order chi connectivity index (χ1) is 15.8. The molecular weight excluding hydrogens is 521 g/mol. The van der Waals surface area contributed by atoms with E-state index in [0.717, 1.165) is 0 Å². The van der Waals surface area contributed by atoms with E-state index in [-0.39, 0.29) is 30.2 Å². The van der Waals surface area contributed by atoms with Gasteiger partial charge >= 0.3 is 0 Å². The smallest absolute Gasteiger partial charge is 0.277 e. The number of nitro groups is 1. The lowest BCUT2D eigenvalue weighted by Gasteiger charge is -2.09. The lowest BCUT2D eigenvalue weighted by atomic mass is 10.2. The fourth-order valence-electron chi connectivity index (χ4n) is 2.61. The van der Waals surface area contributed by atoms with Crippen molar-refractivity contribution in [1.82, 2.24) is 5.43 Å². The minimum Gasteiger partial charge on any atom is -0.488 e. The minimum atomic E-state index is -0.565. The maximum absolute atomic E-state index is 13.4. The molecule has 8 nitrogen and oxygen atoms in total. The average molecular weight is 537 g/mol. The molecule has 0 atom stereocenters. The fraction of sp³-hybridized carbons (Fsp3) is 0.0909. The van der Waals surface area contributed by atoms with Crippen LogP contribution in [0.4, 0.5) is 10.1 Å². The maximum Gasteiger partial charge on any atom is 0.277 e. The Morgan fingerprint density at radius 2 is 1.94 bits per heavy atom. The number of hydrazone groups is 1. The van der Waals surface area contributed by atoms with Gasteiger partial charge in [-0.25, -0.2) is 9.82 Å². The van der Waals surface area contributed by atoms with E-state index in [9.17, 15) is 19.3 Å². The second-order valence-electron chi connectivity index (χ2n) is 6.55. The molecule has 0 heterocycles. The van der Waals surface area contributed by atoms with Gasteiger partial charge in [-0.3, -0.25) is 14.9 Å². The summed E-state index contributed by atoms with van der Waals surface area (Å²) in [4.78, 5) is 22.6. The topological polar surface area (TPSA) is 103 Å². The number of amides is 1. The van der Waals surface area contributed by atoms with Gasteiger partial charge in [-0.05, 0) is 57.9 Å². The van der Waals surface area contributed by atoms with Crippen molar-refractivity contribution < 1.29 is 23.6 Å². The third-order valence-electron chi connectivity index (χ3n) is 4.13. The van der Waals surface area contributed by atoms with Crippen molar-refractivity contribution in [2.45, 2.75) is 6.61 Å². The number of ether oxygens (including phenoxy) is 2. The van der Waals surface area contributed by atoms with Crippen molar-refractivity contribution in [3.05, 3.63) is 97.2 Å². The summed E-state index contributed by atoms with van der Waals surface area (Å²) in [7, 11) is 0. The third-order valence-corrected chi connectivity index (χ3v) is 4.99. The lowest BCUT2D eigenvalue weighted by molar-refractivity contribution is -0.384. The number of hydrogen-bond acceptors (Lipinski definition) is 6. The quantitative estimate of drug-likeness (QED) is 0.228. The Morgan fingerprint density at radius 1 is 1.15 bits per heavy atom. The molecule has 0 aliphatic carbocycles. The molecule has 0 unspecified atom stereocenters. The molecule has 1 N–H and O–H groups in total. The molecule has 3 rings (SSSR count). The van der Waals surface area contributed by atoms with Gasteiger partial charge in [-0.1, -0.05) is 23.7 Å². The molecule has 0 spiro atoms. The number of carbonyl (C=O) groups excluding carboxylic acids is 1. The number of nitro benzene ring substituents is 1. The standard InChI is InChI=1S/C22H16BrClFN3O5/c23-19-10-16(24)4-6-21(19)33-13-22(29)27-26-11-15-9-18(28(30)31)5-7-20(15)32-12-14-2-1-3-17(25)8-14/h1-11H,12-13H2,(H,27,29)/b26-11+. The van der Waals surface area contributed by atoms with Gasteiger partial charge in [0, 0.05) is 22.7 Å². The van der Waals surface area contributed by atoms with Gasteiger partial charge in [0.25, 0.3) is 11.6 Å². The number of halogens is 3. The molecule has 0 aliphatic heterocycles. The molecule has 3 aromatic carbocycles. The van der Waals surface area contributed by atoms with Crippen LogP contribution >= 0.6 is 27.5 Å². The number of nitrogens with one attached hydrogen (secondary N) is 1. The zero-order valence-corrected chi connectivity index (χ0v) is 19.2. The van der Waals surface area contributed by atoms with Crippen molar-refractivity contribution in [3.63, 3.8) is 0 Å². The number of hydrogen-bond donors (Lipinski definition) is 1. The monoisotopic (exact) mass is 535 g/mol. The molecule has 0 saturated heterocycles. The maximum atomic E-state index is 13.4. The molecule has 170 valence electrons. The zero-order valence-electron chi connectivity index (χ0n) is 16.8. The number of benzene rings is 3. The predicted octanol–water partition coefficient (Wildman–Crippen LogP) is 5.26. The Balaban J connectivity index is 1.65. The number of carbonyl (C=O) groups is 1. The van der Waals surface area contributed by atoms with E-state index < -0.39 is 16.6 Å². The van der Waals surface area contributed by atoms with Crippen LogP contribution in [0.2, 0.25) is 5.02 Å². The van der Waals surface area contributed by atoms with Gasteiger partial charge in [0.1, 0.15) is 23.9 Å². The van der Waals surface area contributed by atoms with Crippen LogP contribution in [-0.4, -0.2) is 23.7 Å². The molecule has 0 bridgehead atoms. The van der Waals surface area contributed by atoms with Gasteiger partial charge in [0.2, 0.25) is 0 Å². The largest absolute Gasteiger partial charge is 0.488 e. The number of nitrogens with zero attached hydrogens (tertiary/aromatic N) is 2. The summed E-state index contributed by atoms with van der Waals surface area (Å²) in [6, 6.07) is 14.6. The van der Waals surface area contributed by atoms with E-state index in [1.54, 1.807) is 30.3 Å². The molecule has 0 aliphatic rings. The average Bonchev–Trinajstić information content (AvgIpc) is 2.77. The van der Waals surface area contributed by atoms with E-state index >= 15 is 0 Å². The first-order valence-corrected chi connectivity index (χ1v) is 10.5. The van der Waals surface area contributed by atoms with E-state index in [1.807, 2.05) is 0 Å². The SMILES string of the molecule is O=C(COc1ccc(Cl)cc1Br)N/N=C/c1cc([N+](=O)[O-])ccc1OCc1cccc(F)c1. The Morgan fingerprint density at radius 3 is 2.67 bits per heavy atom. The van der Waals surface area contributed by atoms with Crippen LogP contribution in [0.25, 0.3) is 0 Å². The van der Waals surface area contributed by atoms with Crippen molar-refractivity contribution in [2.75, 3.05) is 6.61 Å². The van der Waals surface area contributed by atoms with Gasteiger partial charge in [-0.15, -0.1) is 0 Å². The van der Waals surface area contributed by atoms with Crippen molar-refractivity contribution in [3.8, 4) is 11.5 Å². The first-order valence-electron chi connectivity index (χ1n) is 9.37. The summed E-state index contributed by atoms with van der Waals surface area (Å²) in [6.45, 7) is -0.290. The third kappa shape index (κ3) is 7.26. The molecule has 1 amide bonds. The van der Waals surface area contributed by atoms with E-state index in [4.69, 9.17) is 21.1 Å². The van der Waals surface area contributed by atoms with Crippen LogP contribution in [0, 0.1) is 15.9 Å². The molecule has 0 fully saturated rings. The van der Waals surface area contributed by atoms with Crippen LogP contribution in [0.1, 0.15) is 11.1 Å². The second-order valence-corrected chi connectivity index (χ2v) is 7.85. The molecule has 0 aromatic heterocycles. The van der Waals surface area contributed by atoms with Crippen molar-refractivity contribution in [1.29, 1.82) is 0 Å². The zero-order chi connectivity index (χ0) is 23.8. The summed E-state index contributed by atoms with van der Waals surface area (Å²) in [5, 5.41) is 15.4. The Kier molecular flexibility index (Phi) is 8.34. The van der Waals surface area contributed by atoms with Crippen LogP contribution in [0.5, 0.6) is 11.5 Å².